The molecule has 0 radical (unpaired) electrons. The Kier molecular flexibility index (Phi) is 4.58. The maximum absolute atomic E-state index is 9.02. The van der Waals surface area contributed by atoms with Crippen LogP contribution in [0, 0.1) is 11.3 Å². The molecule has 26 heavy (non-hydrogen) atoms. The van der Waals surface area contributed by atoms with Crippen molar-refractivity contribution in [2.45, 2.75) is 19.3 Å². The number of halogens is 2. The lowest BCUT2D eigenvalue weighted by Crippen LogP contribution is -2.07. The van der Waals surface area contributed by atoms with Crippen LogP contribution in [0.4, 0.5) is 5.82 Å². The summed E-state index contributed by atoms with van der Waals surface area (Å²) in [5.74, 6) is 1.01. The summed E-state index contributed by atoms with van der Waals surface area (Å²) in [7, 11) is 0. The Hall–Kier alpha value is -2.48. The number of fused-ring (bicyclic) bond motifs is 1. The summed E-state index contributed by atoms with van der Waals surface area (Å²) in [4.78, 5) is 0. The van der Waals surface area contributed by atoms with Crippen molar-refractivity contribution in [3.05, 3.63) is 63.6 Å². The second kappa shape index (κ2) is 7.03. The first-order valence-corrected chi connectivity index (χ1v) is 9.24. The van der Waals surface area contributed by atoms with Crippen LogP contribution in [0.15, 0.2) is 42.5 Å². The maximum Gasteiger partial charge on any atom is 0.133 e. The molecule has 130 valence electrons. The molecule has 0 amide bonds. The molecule has 0 spiro atoms. The van der Waals surface area contributed by atoms with E-state index in [-0.39, 0.29) is 0 Å². The van der Waals surface area contributed by atoms with Gasteiger partial charge in [-0.15, -0.1) is 0 Å². The smallest absolute Gasteiger partial charge is 0.133 e. The third-order valence-corrected chi connectivity index (χ3v) is 5.30. The summed E-state index contributed by atoms with van der Waals surface area (Å²) in [6.07, 6.45) is 3.17. The second-order valence-corrected chi connectivity index (χ2v) is 7.07. The van der Waals surface area contributed by atoms with Crippen LogP contribution in [0.3, 0.4) is 0 Å². The van der Waals surface area contributed by atoms with Gasteiger partial charge in [-0.05, 0) is 55.7 Å². The highest BCUT2D eigenvalue weighted by atomic mass is 35.5. The van der Waals surface area contributed by atoms with Crippen molar-refractivity contribution in [3.8, 4) is 23.0 Å². The van der Waals surface area contributed by atoms with Crippen molar-refractivity contribution in [3.63, 3.8) is 0 Å². The molecule has 0 saturated carbocycles. The number of anilines is 1. The molecular weight excluding hydrogens is 367 g/mol. The Labute approximate surface area is 162 Å². The predicted octanol–water partition coefficient (Wildman–Crippen LogP) is 5.47. The van der Waals surface area contributed by atoms with E-state index in [9.17, 15) is 0 Å². The summed E-state index contributed by atoms with van der Waals surface area (Å²) >= 11 is 12.3. The molecule has 0 atom stereocenters. The lowest BCUT2D eigenvalue weighted by Gasteiger charge is -2.09. The largest absolute Gasteiger partial charge is 0.370 e. The average molecular weight is 383 g/mol. The van der Waals surface area contributed by atoms with Crippen LogP contribution in [0.1, 0.15) is 24.0 Å². The fourth-order valence-corrected chi connectivity index (χ4v) is 3.54. The number of hydrogen-bond acceptors (Lipinski definition) is 3. The third kappa shape index (κ3) is 3.05. The van der Waals surface area contributed by atoms with E-state index >= 15 is 0 Å². The van der Waals surface area contributed by atoms with Crippen molar-refractivity contribution in [2.75, 3.05) is 11.9 Å². The van der Waals surface area contributed by atoms with Gasteiger partial charge in [0.1, 0.15) is 5.82 Å². The molecule has 0 bridgehead atoms. The molecule has 0 fully saturated rings. The summed E-state index contributed by atoms with van der Waals surface area (Å²) in [6, 6.07) is 15.2. The fourth-order valence-electron chi connectivity index (χ4n) is 3.24. The lowest BCUT2D eigenvalue weighted by molar-refractivity contribution is 0.780. The van der Waals surface area contributed by atoms with E-state index in [1.54, 1.807) is 18.2 Å². The van der Waals surface area contributed by atoms with Crippen LogP contribution in [-0.2, 0) is 6.42 Å². The highest BCUT2D eigenvalue weighted by molar-refractivity contribution is 6.42. The van der Waals surface area contributed by atoms with Crippen LogP contribution in [0.5, 0.6) is 0 Å². The summed E-state index contributed by atoms with van der Waals surface area (Å²) in [6.45, 7) is 0.912. The Balaban J connectivity index is 1.88. The number of rotatable bonds is 2. The molecule has 0 saturated heterocycles. The molecule has 1 aliphatic rings. The van der Waals surface area contributed by atoms with Crippen molar-refractivity contribution >= 4 is 29.0 Å². The first kappa shape index (κ1) is 17.0. The van der Waals surface area contributed by atoms with E-state index in [1.165, 1.54) is 5.56 Å². The maximum atomic E-state index is 9.02. The van der Waals surface area contributed by atoms with Gasteiger partial charge in [-0.2, -0.15) is 10.4 Å². The van der Waals surface area contributed by atoms with Gasteiger partial charge in [-0.3, -0.25) is 0 Å². The van der Waals surface area contributed by atoms with E-state index in [1.807, 2.05) is 28.9 Å². The van der Waals surface area contributed by atoms with E-state index in [4.69, 9.17) is 33.6 Å². The normalized spacial score (nSPS) is 13.4. The molecule has 1 aliphatic heterocycles. The first-order valence-electron chi connectivity index (χ1n) is 8.49. The highest BCUT2D eigenvalue weighted by Gasteiger charge is 2.22. The Morgan fingerprint density at radius 1 is 1.04 bits per heavy atom. The third-order valence-electron chi connectivity index (χ3n) is 4.56. The number of aromatic nitrogens is 2. The number of nitrogens with zero attached hydrogens (tertiary/aromatic N) is 3. The minimum atomic E-state index is 0.521. The van der Waals surface area contributed by atoms with Crippen molar-refractivity contribution < 1.29 is 0 Å². The van der Waals surface area contributed by atoms with Gasteiger partial charge in [0.2, 0.25) is 0 Å². The minimum Gasteiger partial charge on any atom is -0.370 e. The topological polar surface area (TPSA) is 53.6 Å². The Bertz CT molecular complexity index is 1000. The van der Waals surface area contributed by atoms with Gasteiger partial charge in [-0.1, -0.05) is 29.3 Å². The zero-order valence-electron chi connectivity index (χ0n) is 14.0. The second-order valence-electron chi connectivity index (χ2n) is 6.26. The quantitative estimate of drug-likeness (QED) is 0.639. The number of hydrogen-bond donors (Lipinski definition) is 1. The molecule has 2 heterocycles. The molecule has 4 nitrogen and oxygen atoms in total. The van der Waals surface area contributed by atoms with Gasteiger partial charge in [0.15, 0.2) is 0 Å². The van der Waals surface area contributed by atoms with Gasteiger partial charge in [0.25, 0.3) is 0 Å². The molecule has 6 heteroatoms. The van der Waals surface area contributed by atoms with Crippen LogP contribution in [0.25, 0.3) is 16.9 Å². The van der Waals surface area contributed by atoms with Crippen molar-refractivity contribution in [1.29, 1.82) is 5.26 Å². The van der Waals surface area contributed by atoms with Crippen molar-refractivity contribution in [2.24, 2.45) is 0 Å². The summed E-state index contributed by atoms with van der Waals surface area (Å²) in [5, 5.41) is 18.5. The molecule has 3 aromatic rings. The van der Waals surface area contributed by atoms with Gasteiger partial charge >= 0.3 is 0 Å². The Morgan fingerprint density at radius 3 is 2.58 bits per heavy atom. The number of nitrogens with one attached hydrogen (secondary N) is 1. The average Bonchev–Trinajstić information content (AvgIpc) is 2.85. The fraction of sp³-hybridized carbons (Fsp3) is 0.200. The Morgan fingerprint density at radius 2 is 1.85 bits per heavy atom. The van der Waals surface area contributed by atoms with E-state index in [2.05, 4.69) is 11.4 Å². The van der Waals surface area contributed by atoms with Crippen molar-refractivity contribution in [1.82, 2.24) is 9.78 Å². The van der Waals surface area contributed by atoms with E-state index in [0.29, 0.717) is 15.6 Å². The highest BCUT2D eigenvalue weighted by Crippen LogP contribution is 2.36. The first-order chi connectivity index (χ1) is 12.7. The van der Waals surface area contributed by atoms with Gasteiger partial charge in [0.05, 0.1) is 33.1 Å². The van der Waals surface area contributed by atoms with Crippen LogP contribution in [0.2, 0.25) is 10.0 Å². The minimum absolute atomic E-state index is 0.521. The molecule has 1 aromatic heterocycles. The lowest BCUT2D eigenvalue weighted by atomic mass is 10.0. The molecule has 2 aromatic carbocycles. The van der Waals surface area contributed by atoms with Gasteiger partial charge < -0.3 is 5.32 Å². The van der Waals surface area contributed by atoms with Gasteiger partial charge in [-0.25, -0.2) is 4.68 Å². The zero-order chi connectivity index (χ0) is 18.1. The molecular formula is C20H16Cl2N4. The summed E-state index contributed by atoms with van der Waals surface area (Å²) in [5.41, 5.74) is 4.60. The van der Waals surface area contributed by atoms with E-state index < -0.39 is 0 Å². The number of benzene rings is 2. The van der Waals surface area contributed by atoms with Crippen LogP contribution < -0.4 is 5.32 Å². The van der Waals surface area contributed by atoms with Crippen LogP contribution in [-0.4, -0.2) is 16.3 Å². The SMILES string of the molecule is N#Cc1ccc(-n2nc(-c3ccc(Cl)c(Cl)c3)c3c2NCCCC3)cc1. The van der Waals surface area contributed by atoms with E-state index in [0.717, 1.165) is 48.6 Å². The number of nitriles is 1. The van der Waals surface area contributed by atoms with Gasteiger partial charge in [0, 0.05) is 17.7 Å². The molecule has 0 unspecified atom stereocenters. The molecule has 0 aliphatic carbocycles. The standard InChI is InChI=1S/C20H16Cl2N4/c21-17-9-6-14(11-18(17)22)19-16-3-1-2-10-24-20(16)26(25-19)15-7-4-13(12-23)5-8-15/h4-9,11,24H,1-3,10H2. The zero-order valence-corrected chi connectivity index (χ0v) is 15.5. The summed E-state index contributed by atoms with van der Waals surface area (Å²) < 4.78 is 1.92. The van der Waals surface area contributed by atoms with Crippen LogP contribution >= 0.6 is 23.2 Å². The monoisotopic (exact) mass is 382 g/mol. The molecule has 4 rings (SSSR count). The predicted molar refractivity (Wildman–Crippen MR) is 105 cm³/mol. The molecule has 1 N–H and O–H groups in total.